The van der Waals surface area contributed by atoms with E-state index in [1.54, 1.807) is 21.3 Å². The number of hydrogen-bond acceptors (Lipinski definition) is 4. The minimum atomic E-state index is -0.109. The normalized spacial score (nSPS) is 10.0. The number of nitrogens with one attached hydrogen (secondary N) is 1. The highest BCUT2D eigenvalue weighted by molar-refractivity contribution is 5.89. The van der Waals surface area contributed by atoms with Gasteiger partial charge in [0.25, 0.3) is 0 Å². The van der Waals surface area contributed by atoms with E-state index >= 15 is 0 Å². The van der Waals surface area contributed by atoms with Gasteiger partial charge in [-0.25, -0.2) is 0 Å². The molecular formula is C17H19NO4. The molecule has 0 unspecified atom stereocenters. The average molecular weight is 301 g/mol. The van der Waals surface area contributed by atoms with Gasteiger partial charge in [0, 0.05) is 12.6 Å². The smallest absolute Gasteiger partial charge is 0.221 e. The number of carbonyl (C=O) groups is 1. The Bertz CT molecular complexity index is 657. The Hall–Kier alpha value is -2.69. The van der Waals surface area contributed by atoms with Gasteiger partial charge in [0.15, 0.2) is 11.5 Å². The van der Waals surface area contributed by atoms with Crippen molar-refractivity contribution in [2.75, 3.05) is 26.6 Å². The van der Waals surface area contributed by atoms with E-state index in [1.807, 2.05) is 36.4 Å². The van der Waals surface area contributed by atoms with Gasteiger partial charge in [-0.3, -0.25) is 4.79 Å². The quantitative estimate of drug-likeness (QED) is 0.920. The summed E-state index contributed by atoms with van der Waals surface area (Å²) in [7, 11) is 4.72. The van der Waals surface area contributed by atoms with Crippen LogP contribution in [-0.4, -0.2) is 27.2 Å². The number of amides is 1. The predicted molar refractivity (Wildman–Crippen MR) is 85.8 cm³/mol. The molecule has 0 saturated carbocycles. The van der Waals surface area contributed by atoms with Gasteiger partial charge in [0.1, 0.15) is 0 Å². The number of carbonyl (C=O) groups excluding carboxylic acids is 1. The van der Waals surface area contributed by atoms with Crippen molar-refractivity contribution in [3.05, 3.63) is 36.4 Å². The van der Waals surface area contributed by atoms with E-state index in [-0.39, 0.29) is 5.91 Å². The maximum atomic E-state index is 11.2. The second-order valence-corrected chi connectivity index (χ2v) is 4.68. The third-order valence-corrected chi connectivity index (χ3v) is 3.18. The molecule has 116 valence electrons. The van der Waals surface area contributed by atoms with Gasteiger partial charge in [-0.05, 0) is 35.4 Å². The first-order valence-electron chi connectivity index (χ1n) is 6.77. The largest absolute Gasteiger partial charge is 0.493 e. The average Bonchev–Trinajstić information content (AvgIpc) is 2.52. The van der Waals surface area contributed by atoms with Crippen LogP contribution in [0.1, 0.15) is 6.92 Å². The van der Waals surface area contributed by atoms with Crippen LogP contribution in [0.15, 0.2) is 36.4 Å². The van der Waals surface area contributed by atoms with Gasteiger partial charge in [-0.2, -0.15) is 0 Å². The number of benzene rings is 2. The lowest BCUT2D eigenvalue weighted by Crippen LogP contribution is -2.05. The Labute approximate surface area is 129 Å². The third-order valence-electron chi connectivity index (χ3n) is 3.18. The van der Waals surface area contributed by atoms with Crippen LogP contribution in [0.4, 0.5) is 5.69 Å². The van der Waals surface area contributed by atoms with Crippen molar-refractivity contribution in [3.8, 4) is 28.4 Å². The molecule has 22 heavy (non-hydrogen) atoms. The number of methoxy groups -OCH3 is 3. The van der Waals surface area contributed by atoms with E-state index in [1.165, 1.54) is 6.92 Å². The van der Waals surface area contributed by atoms with Crippen molar-refractivity contribution in [3.63, 3.8) is 0 Å². The van der Waals surface area contributed by atoms with E-state index in [0.29, 0.717) is 17.2 Å². The molecule has 0 aliphatic carbocycles. The number of hydrogen-bond donors (Lipinski definition) is 1. The lowest BCUT2D eigenvalue weighted by Gasteiger charge is -2.14. The van der Waals surface area contributed by atoms with Crippen molar-refractivity contribution < 1.29 is 19.0 Å². The van der Waals surface area contributed by atoms with Crippen molar-refractivity contribution >= 4 is 11.6 Å². The topological polar surface area (TPSA) is 56.8 Å². The molecule has 1 N–H and O–H groups in total. The molecule has 5 nitrogen and oxygen atoms in total. The molecule has 0 aliphatic heterocycles. The Morgan fingerprint density at radius 1 is 0.909 bits per heavy atom. The number of anilines is 1. The summed E-state index contributed by atoms with van der Waals surface area (Å²) in [5.74, 6) is 1.61. The minimum absolute atomic E-state index is 0.109. The van der Waals surface area contributed by atoms with Gasteiger partial charge in [0.05, 0.1) is 21.3 Å². The lowest BCUT2D eigenvalue weighted by atomic mass is 10.0. The zero-order chi connectivity index (χ0) is 16.1. The summed E-state index contributed by atoms with van der Waals surface area (Å²) in [6.07, 6.45) is 0. The van der Waals surface area contributed by atoms with Crippen molar-refractivity contribution in [1.82, 2.24) is 0 Å². The van der Waals surface area contributed by atoms with E-state index in [0.717, 1.165) is 16.8 Å². The summed E-state index contributed by atoms with van der Waals surface area (Å²) in [5, 5.41) is 2.77. The molecule has 0 aromatic heterocycles. The Balaban J connectivity index is 2.50. The van der Waals surface area contributed by atoms with Crippen LogP contribution in [0.2, 0.25) is 0 Å². The van der Waals surface area contributed by atoms with Crippen molar-refractivity contribution in [2.24, 2.45) is 0 Å². The third kappa shape index (κ3) is 3.31. The Morgan fingerprint density at radius 3 is 2.05 bits per heavy atom. The Morgan fingerprint density at radius 2 is 1.55 bits per heavy atom. The van der Waals surface area contributed by atoms with Crippen molar-refractivity contribution in [2.45, 2.75) is 6.92 Å². The molecule has 0 heterocycles. The second kappa shape index (κ2) is 6.85. The van der Waals surface area contributed by atoms with E-state index in [4.69, 9.17) is 14.2 Å². The highest BCUT2D eigenvalue weighted by Crippen LogP contribution is 2.41. The maximum absolute atomic E-state index is 11.2. The molecular weight excluding hydrogens is 282 g/mol. The molecule has 0 aliphatic rings. The zero-order valence-electron chi connectivity index (χ0n) is 13.1. The SMILES string of the molecule is COc1cc(-c2cccc(NC(C)=O)c2)cc(OC)c1OC. The molecule has 5 heteroatoms. The first-order valence-corrected chi connectivity index (χ1v) is 6.77. The zero-order valence-corrected chi connectivity index (χ0v) is 13.1. The van der Waals surface area contributed by atoms with Gasteiger partial charge in [-0.15, -0.1) is 0 Å². The summed E-state index contributed by atoms with van der Waals surface area (Å²) in [5.41, 5.74) is 2.57. The lowest BCUT2D eigenvalue weighted by molar-refractivity contribution is -0.114. The summed E-state index contributed by atoms with van der Waals surface area (Å²) in [6.45, 7) is 1.48. The molecule has 0 bridgehead atoms. The minimum Gasteiger partial charge on any atom is -0.493 e. The maximum Gasteiger partial charge on any atom is 0.221 e. The van der Waals surface area contributed by atoms with Crippen LogP contribution in [0.5, 0.6) is 17.2 Å². The molecule has 0 saturated heterocycles. The Kier molecular flexibility index (Phi) is 4.88. The van der Waals surface area contributed by atoms with Gasteiger partial charge in [0.2, 0.25) is 11.7 Å². The van der Waals surface area contributed by atoms with Crippen molar-refractivity contribution in [1.29, 1.82) is 0 Å². The molecule has 0 fully saturated rings. The van der Waals surface area contributed by atoms with Crippen LogP contribution in [-0.2, 0) is 4.79 Å². The molecule has 2 rings (SSSR count). The van der Waals surface area contributed by atoms with E-state index in [9.17, 15) is 4.79 Å². The second-order valence-electron chi connectivity index (χ2n) is 4.68. The van der Waals surface area contributed by atoms with Crippen LogP contribution in [0.25, 0.3) is 11.1 Å². The van der Waals surface area contributed by atoms with Gasteiger partial charge in [-0.1, -0.05) is 12.1 Å². The first-order chi connectivity index (χ1) is 10.6. The predicted octanol–water partition coefficient (Wildman–Crippen LogP) is 3.34. The molecule has 2 aromatic carbocycles. The highest BCUT2D eigenvalue weighted by Gasteiger charge is 2.14. The summed E-state index contributed by atoms with van der Waals surface area (Å²) in [6, 6.07) is 11.3. The van der Waals surface area contributed by atoms with E-state index in [2.05, 4.69) is 5.32 Å². The fourth-order valence-electron chi connectivity index (χ4n) is 2.23. The summed E-state index contributed by atoms with van der Waals surface area (Å²) in [4.78, 5) is 11.2. The molecule has 1 amide bonds. The van der Waals surface area contributed by atoms with Gasteiger partial charge < -0.3 is 19.5 Å². The number of ether oxygens (including phenoxy) is 3. The fourth-order valence-corrected chi connectivity index (χ4v) is 2.23. The van der Waals surface area contributed by atoms with Crippen LogP contribution < -0.4 is 19.5 Å². The van der Waals surface area contributed by atoms with Crippen LogP contribution in [0.3, 0.4) is 0 Å². The standard InChI is InChI=1S/C17H19NO4/c1-11(19)18-14-7-5-6-12(8-14)13-9-15(20-2)17(22-4)16(10-13)21-3/h5-10H,1-4H3,(H,18,19). The monoisotopic (exact) mass is 301 g/mol. The van der Waals surface area contributed by atoms with Gasteiger partial charge >= 0.3 is 0 Å². The van der Waals surface area contributed by atoms with E-state index < -0.39 is 0 Å². The van der Waals surface area contributed by atoms with Crippen LogP contribution >= 0.6 is 0 Å². The molecule has 0 spiro atoms. The number of rotatable bonds is 5. The summed E-state index contributed by atoms with van der Waals surface area (Å²) < 4.78 is 16.0. The molecule has 2 aromatic rings. The first kappa shape index (κ1) is 15.7. The molecule has 0 radical (unpaired) electrons. The van der Waals surface area contributed by atoms with Crippen LogP contribution in [0, 0.1) is 0 Å². The highest BCUT2D eigenvalue weighted by atomic mass is 16.5. The molecule has 0 atom stereocenters. The fraction of sp³-hybridized carbons (Fsp3) is 0.235. The summed E-state index contributed by atoms with van der Waals surface area (Å²) >= 11 is 0.